The highest BCUT2D eigenvalue weighted by Gasteiger charge is 2.35. The van der Waals surface area contributed by atoms with Gasteiger partial charge in [0.05, 0.1) is 27.4 Å². The minimum absolute atomic E-state index is 0.0729. The van der Waals surface area contributed by atoms with E-state index in [1.54, 1.807) is 11.0 Å². The number of aromatic nitrogens is 2. The van der Waals surface area contributed by atoms with E-state index in [0.717, 1.165) is 28.3 Å². The Kier molecular flexibility index (Phi) is 5.82. The number of amides is 1. The first-order valence-electron chi connectivity index (χ1n) is 10.1. The SMILES string of the molecule is CC1=C(C(=O)N(C)[C@H](C)c2ccccc2)C(c2ccc(Cl)c(Cl)c2)n2nc(C)cc2N1. The molecule has 1 N–H and O–H groups in total. The summed E-state index contributed by atoms with van der Waals surface area (Å²) in [7, 11) is 1.83. The third-order valence-electron chi connectivity index (χ3n) is 5.77. The van der Waals surface area contributed by atoms with Gasteiger partial charge in [-0.25, -0.2) is 4.68 Å². The Morgan fingerprint density at radius 2 is 1.81 bits per heavy atom. The van der Waals surface area contributed by atoms with Gasteiger partial charge in [-0.2, -0.15) is 5.10 Å². The van der Waals surface area contributed by atoms with E-state index in [-0.39, 0.29) is 11.9 Å². The van der Waals surface area contributed by atoms with Gasteiger partial charge in [0, 0.05) is 18.8 Å². The Balaban J connectivity index is 1.79. The summed E-state index contributed by atoms with van der Waals surface area (Å²) in [6.07, 6.45) is 0. The van der Waals surface area contributed by atoms with Crippen LogP contribution in [0.3, 0.4) is 0 Å². The number of carbonyl (C=O) groups excluding carboxylic acids is 1. The number of likely N-dealkylation sites (N-methyl/N-ethyl adjacent to an activating group) is 1. The topological polar surface area (TPSA) is 50.2 Å². The van der Waals surface area contributed by atoms with E-state index in [1.165, 1.54) is 0 Å². The molecule has 0 radical (unpaired) electrons. The molecule has 2 aromatic carbocycles. The molecule has 0 aliphatic carbocycles. The molecule has 7 heteroatoms. The van der Waals surface area contributed by atoms with Crippen molar-refractivity contribution in [2.24, 2.45) is 0 Å². The standard InChI is InChI=1S/C24H24Cl2N4O/c1-14-12-21-27-15(2)22(24(31)29(4)16(3)17-8-6-5-7-9-17)23(30(21)28-14)18-10-11-19(25)20(26)13-18/h5-13,16,23,27H,1-4H3/t16-,23?/m1/s1. The molecule has 0 fully saturated rings. The van der Waals surface area contributed by atoms with E-state index in [1.807, 2.05) is 81.0 Å². The van der Waals surface area contributed by atoms with Crippen molar-refractivity contribution in [2.75, 3.05) is 12.4 Å². The number of hydrogen-bond acceptors (Lipinski definition) is 3. The summed E-state index contributed by atoms with van der Waals surface area (Å²) in [5, 5.41) is 8.92. The Bertz CT molecular complexity index is 1170. The van der Waals surface area contributed by atoms with Crippen molar-refractivity contribution in [1.29, 1.82) is 0 Å². The largest absolute Gasteiger partial charge is 0.344 e. The Morgan fingerprint density at radius 3 is 2.48 bits per heavy atom. The van der Waals surface area contributed by atoms with Gasteiger partial charge in [0.15, 0.2) is 0 Å². The van der Waals surface area contributed by atoms with Crippen LogP contribution in [-0.4, -0.2) is 27.6 Å². The predicted molar refractivity (Wildman–Crippen MR) is 126 cm³/mol. The maximum atomic E-state index is 13.8. The highest BCUT2D eigenvalue weighted by atomic mass is 35.5. The Labute approximate surface area is 192 Å². The van der Waals surface area contributed by atoms with Crippen LogP contribution in [0.2, 0.25) is 10.0 Å². The van der Waals surface area contributed by atoms with Gasteiger partial charge < -0.3 is 10.2 Å². The average Bonchev–Trinajstić information content (AvgIpc) is 3.13. The molecule has 2 heterocycles. The first-order chi connectivity index (χ1) is 14.8. The number of anilines is 1. The Hall–Kier alpha value is -2.76. The lowest BCUT2D eigenvalue weighted by atomic mass is 9.93. The number of benzene rings is 2. The van der Waals surface area contributed by atoms with Crippen molar-refractivity contribution in [1.82, 2.24) is 14.7 Å². The van der Waals surface area contributed by atoms with E-state index in [4.69, 9.17) is 23.2 Å². The molecule has 4 rings (SSSR count). The molecule has 5 nitrogen and oxygen atoms in total. The summed E-state index contributed by atoms with van der Waals surface area (Å²) in [6.45, 7) is 5.88. The molecule has 0 saturated carbocycles. The minimum atomic E-state index is -0.419. The zero-order valence-electron chi connectivity index (χ0n) is 17.9. The lowest BCUT2D eigenvalue weighted by molar-refractivity contribution is -0.128. The van der Waals surface area contributed by atoms with Crippen molar-refractivity contribution in [3.63, 3.8) is 0 Å². The molecule has 31 heavy (non-hydrogen) atoms. The van der Waals surface area contributed by atoms with Crippen LogP contribution in [0.1, 0.15) is 42.8 Å². The molecular formula is C24H24Cl2N4O. The van der Waals surface area contributed by atoms with E-state index in [9.17, 15) is 4.79 Å². The second kappa shape index (κ2) is 8.40. The molecule has 1 amide bonds. The molecule has 1 unspecified atom stereocenters. The van der Waals surface area contributed by atoms with Gasteiger partial charge >= 0.3 is 0 Å². The molecule has 160 valence electrons. The number of hydrogen-bond donors (Lipinski definition) is 1. The quantitative estimate of drug-likeness (QED) is 0.525. The van der Waals surface area contributed by atoms with Crippen LogP contribution in [0.15, 0.2) is 65.9 Å². The lowest BCUT2D eigenvalue weighted by Gasteiger charge is -2.34. The van der Waals surface area contributed by atoms with Gasteiger partial charge in [-0.1, -0.05) is 59.6 Å². The van der Waals surface area contributed by atoms with Crippen LogP contribution in [-0.2, 0) is 4.79 Å². The first kappa shape index (κ1) is 21.5. The summed E-state index contributed by atoms with van der Waals surface area (Å²) in [6, 6.07) is 16.9. The van der Waals surface area contributed by atoms with E-state index < -0.39 is 6.04 Å². The molecule has 0 saturated heterocycles. The number of rotatable bonds is 4. The molecule has 1 aliphatic heterocycles. The van der Waals surface area contributed by atoms with Gasteiger partial charge in [-0.15, -0.1) is 0 Å². The number of nitrogens with zero attached hydrogens (tertiary/aromatic N) is 3. The van der Waals surface area contributed by atoms with Gasteiger partial charge in [-0.3, -0.25) is 4.79 Å². The van der Waals surface area contributed by atoms with Crippen molar-refractivity contribution in [3.8, 4) is 0 Å². The molecular weight excluding hydrogens is 431 g/mol. The van der Waals surface area contributed by atoms with Crippen molar-refractivity contribution in [3.05, 3.63) is 92.7 Å². The lowest BCUT2D eigenvalue weighted by Crippen LogP contribution is -2.37. The maximum Gasteiger partial charge on any atom is 0.254 e. The highest BCUT2D eigenvalue weighted by molar-refractivity contribution is 6.42. The number of halogens is 2. The van der Waals surface area contributed by atoms with Crippen LogP contribution in [0, 0.1) is 6.92 Å². The summed E-state index contributed by atoms with van der Waals surface area (Å²) in [4.78, 5) is 15.6. The summed E-state index contributed by atoms with van der Waals surface area (Å²) in [5.41, 5.74) is 4.20. The first-order valence-corrected chi connectivity index (χ1v) is 10.8. The molecule has 3 aromatic rings. The second-order valence-corrected chi connectivity index (χ2v) is 8.67. The van der Waals surface area contributed by atoms with E-state index >= 15 is 0 Å². The number of allylic oxidation sites excluding steroid dienone is 1. The van der Waals surface area contributed by atoms with Gasteiger partial charge in [0.25, 0.3) is 5.91 Å². The number of fused-ring (bicyclic) bond motifs is 1. The number of carbonyl (C=O) groups is 1. The third-order valence-corrected chi connectivity index (χ3v) is 6.51. The number of nitrogens with one attached hydrogen (secondary N) is 1. The molecule has 2 atom stereocenters. The fourth-order valence-electron chi connectivity index (χ4n) is 3.98. The Morgan fingerprint density at radius 1 is 1.10 bits per heavy atom. The fourth-order valence-corrected chi connectivity index (χ4v) is 4.29. The van der Waals surface area contributed by atoms with Crippen molar-refractivity contribution in [2.45, 2.75) is 32.9 Å². The molecule has 1 aliphatic rings. The van der Waals surface area contributed by atoms with Crippen LogP contribution in [0.4, 0.5) is 5.82 Å². The average molecular weight is 455 g/mol. The van der Waals surface area contributed by atoms with Gasteiger partial charge in [0.1, 0.15) is 11.9 Å². The van der Waals surface area contributed by atoms with Crippen LogP contribution >= 0.6 is 23.2 Å². The number of aryl methyl sites for hydroxylation is 1. The molecule has 0 bridgehead atoms. The van der Waals surface area contributed by atoms with Gasteiger partial charge in [0.2, 0.25) is 0 Å². The smallest absolute Gasteiger partial charge is 0.254 e. The molecule has 0 spiro atoms. The van der Waals surface area contributed by atoms with Crippen LogP contribution in [0.5, 0.6) is 0 Å². The zero-order valence-corrected chi connectivity index (χ0v) is 19.4. The third kappa shape index (κ3) is 3.95. The molecule has 1 aromatic heterocycles. The van der Waals surface area contributed by atoms with Crippen molar-refractivity contribution < 1.29 is 4.79 Å². The predicted octanol–water partition coefficient (Wildman–Crippen LogP) is 6.01. The minimum Gasteiger partial charge on any atom is -0.344 e. The fraction of sp³-hybridized carbons (Fsp3) is 0.250. The summed E-state index contributed by atoms with van der Waals surface area (Å²) in [5.74, 6) is 0.762. The summed E-state index contributed by atoms with van der Waals surface area (Å²) < 4.78 is 1.84. The summed E-state index contributed by atoms with van der Waals surface area (Å²) >= 11 is 12.5. The highest BCUT2D eigenvalue weighted by Crippen LogP contribution is 2.39. The van der Waals surface area contributed by atoms with Crippen molar-refractivity contribution >= 4 is 34.9 Å². The van der Waals surface area contributed by atoms with Crippen LogP contribution < -0.4 is 5.32 Å². The maximum absolute atomic E-state index is 13.8. The van der Waals surface area contributed by atoms with E-state index in [2.05, 4.69) is 10.4 Å². The van der Waals surface area contributed by atoms with Gasteiger partial charge in [-0.05, 0) is 44.0 Å². The van der Waals surface area contributed by atoms with Crippen LogP contribution in [0.25, 0.3) is 0 Å². The normalized spacial score (nSPS) is 16.5. The monoisotopic (exact) mass is 454 g/mol. The second-order valence-electron chi connectivity index (χ2n) is 7.86. The van der Waals surface area contributed by atoms with E-state index in [0.29, 0.717) is 15.6 Å². The zero-order chi connectivity index (χ0) is 22.3.